The summed E-state index contributed by atoms with van der Waals surface area (Å²) < 4.78 is 33.4. The van der Waals surface area contributed by atoms with Crippen LogP contribution < -0.4 is 4.74 Å². The third kappa shape index (κ3) is 3.79. The number of aliphatic hydroxyl groups excluding tert-OH is 1. The summed E-state index contributed by atoms with van der Waals surface area (Å²) in [5, 5.41) is 9.71. The van der Waals surface area contributed by atoms with Gasteiger partial charge in [-0.3, -0.25) is 0 Å². The number of hydrogen-bond acceptors (Lipinski definition) is 2. The lowest BCUT2D eigenvalue weighted by atomic mass is 10.1. The summed E-state index contributed by atoms with van der Waals surface area (Å²) in [6.07, 6.45) is -0.773. The molecule has 2 aromatic carbocycles. The minimum atomic E-state index is -3.08. The third-order valence-electron chi connectivity index (χ3n) is 3.22. The molecule has 1 N–H and O–H groups in total. The third-order valence-corrected chi connectivity index (χ3v) is 3.22. The smallest absolute Gasteiger partial charge is 0.306 e. The van der Waals surface area contributed by atoms with Crippen molar-refractivity contribution >= 4 is 0 Å². The fourth-order valence-corrected chi connectivity index (χ4v) is 2.06. The summed E-state index contributed by atoms with van der Waals surface area (Å²) in [6, 6.07) is 12.7. The molecule has 0 aliphatic rings. The fraction of sp³-hybridized carbons (Fsp3) is 0.294. The minimum Gasteiger partial charge on any atom is -0.487 e. The fourth-order valence-electron chi connectivity index (χ4n) is 2.06. The molecule has 0 saturated heterocycles. The minimum absolute atomic E-state index is 0.0873. The van der Waals surface area contributed by atoms with Crippen LogP contribution in [0.5, 0.6) is 5.75 Å². The predicted molar refractivity (Wildman–Crippen MR) is 77.6 cm³/mol. The zero-order chi connectivity index (χ0) is 15.5. The van der Waals surface area contributed by atoms with Crippen molar-refractivity contribution in [1.82, 2.24) is 0 Å². The average molecular weight is 292 g/mol. The van der Waals surface area contributed by atoms with Gasteiger partial charge in [0.1, 0.15) is 5.75 Å². The van der Waals surface area contributed by atoms with Gasteiger partial charge in [-0.25, -0.2) is 0 Å². The number of hydrogen-bond donors (Lipinski definition) is 1. The molecule has 2 nitrogen and oxygen atoms in total. The molecule has 0 fully saturated rings. The summed E-state index contributed by atoms with van der Waals surface area (Å²) in [6.45, 7) is 2.69. The first-order valence-corrected chi connectivity index (χ1v) is 6.75. The second kappa shape index (κ2) is 6.22. The van der Waals surface area contributed by atoms with E-state index in [-0.39, 0.29) is 11.3 Å². The molecule has 0 aliphatic carbocycles. The van der Waals surface area contributed by atoms with Crippen molar-refractivity contribution in [3.8, 4) is 5.75 Å². The van der Waals surface area contributed by atoms with Gasteiger partial charge >= 0.3 is 5.92 Å². The monoisotopic (exact) mass is 292 g/mol. The van der Waals surface area contributed by atoms with Crippen LogP contribution >= 0.6 is 0 Å². The van der Waals surface area contributed by atoms with Crippen LogP contribution in [0.15, 0.2) is 48.5 Å². The Morgan fingerprint density at radius 2 is 1.81 bits per heavy atom. The molecule has 0 saturated carbocycles. The Bertz CT molecular complexity index is 595. The molecule has 2 aromatic rings. The Morgan fingerprint density at radius 3 is 2.43 bits per heavy atom. The van der Waals surface area contributed by atoms with Gasteiger partial charge in [0.05, 0.1) is 6.10 Å². The Morgan fingerprint density at radius 1 is 1.14 bits per heavy atom. The standard InChI is InChI=1S/C17H18F2O2/c1-12-8-9-16(15(10-12)13(2)20)21-11-17(18,19)14-6-4-3-5-7-14/h3-10,13,20H,11H2,1-2H3/t13-/m0/s1. The van der Waals surface area contributed by atoms with Crippen molar-refractivity contribution < 1.29 is 18.6 Å². The highest BCUT2D eigenvalue weighted by Gasteiger charge is 2.32. The number of benzene rings is 2. The highest BCUT2D eigenvalue weighted by atomic mass is 19.3. The Labute approximate surface area is 123 Å². The molecule has 112 valence electrons. The second-order valence-electron chi connectivity index (χ2n) is 5.08. The highest BCUT2D eigenvalue weighted by Crippen LogP contribution is 2.31. The average Bonchev–Trinajstić information content (AvgIpc) is 2.47. The zero-order valence-corrected chi connectivity index (χ0v) is 12.0. The normalized spacial score (nSPS) is 13.0. The van der Waals surface area contributed by atoms with Crippen LogP contribution in [0, 0.1) is 6.92 Å². The van der Waals surface area contributed by atoms with Crippen LogP contribution in [-0.2, 0) is 5.92 Å². The van der Waals surface area contributed by atoms with Crippen molar-refractivity contribution in [2.45, 2.75) is 25.9 Å². The van der Waals surface area contributed by atoms with Crippen molar-refractivity contribution in [3.63, 3.8) is 0 Å². The summed E-state index contributed by atoms with van der Waals surface area (Å²) in [7, 11) is 0. The first kappa shape index (κ1) is 15.4. The van der Waals surface area contributed by atoms with E-state index in [1.807, 2.05) is 6.92 Å². The van der Waals surface area contributed by atoms with E-state index in [0.717, 1.165) is 5.56 Å². The van der Waals surface area contributed by atoms with Crippen molar-refractivity contribution in [2.24, 2.45) is 0 Å². The topological polar surface area (TPSA) is 29.5 Å². The number of alkyl halides is 2. The van der Waals surface area contributed by atoms with Crippen LogP contribution in [-0.4, -0.2) is 11.7 Å². The van der Waals surface area contributed by atoms with E-state index < -0.39 is 18.6 Å². The highest BCUT2D eigenvalue weighted by molar-refractivity contribution is 5.38. The van der Waals surface area contributed by atoms with Gasteiger partial charge in [0, 0.05) is 11.1 Å². The SMILES string of the molecule is Cc1ccc(OCC(F)(F)c2ccccc2)c([C@H](C)O)c1. The largest absolute Gasteiger partial charge is 0.487 e. The molecule has 0 bridgehead atoms. The van der Waals surface area contributed by atoms with Crippen molar-refractivity contribution in [1.29, 1.82) is 0 Å². The second-order valence-corrected chi connectivity index (χ2v) is 5.08. The van der Waals surface area contributed by atoms with E-state index in [1.54, 1.807) is 43.3 Å². The van der Waals surface area contributed by atoms with Crippen LogP contribution in [0.1, 0.15) is 29.7 Å². The first-order valence-electron chi connectivity index (χ1n) is 6.75. The van der Waals surface area contributed by atoms with E-state index in [1.165, 1.54) is 12.1 Å². The molecule has 0 amide bonds. The maximum Gasteiger partial charge on any atom is 0.306 e. The molecule has 0 aliphatic heterocycles. The number of aryl methyl sites for hydroxylation is 1. The molecule has 0 heterocycles. The van der Waals surface area contributed by atoms with E-state index >= 15 is 0 Å². The van der Waals surface area contributed by atoms with Crippen LogP contribution in [0.3, 0.4) is 0 Å². The lowest BCUT2D eigenvalue weighted by molar-refractivity contribution is -0.0473. The maximum atomic E-state index is 14.1. The molecular weight excluding hydrogens is 274 g/mol. The summed E-state index contributed by atoms with van der Waals surface area (Å²) in [4.78, 5) is 0. The lowest BCUT2D eigenvalue weighted by Crippen LogP contribution is -2.23. The molecule has 21 heavy (non-hydrogen) atoms. The Balaban J connectivity index is 2.16. The molecular formula is C17H18F2O2. The Hall–Kier alpha value is -1.94. The molecule has 0 spiro atoms. The number of aliphatic hydroxyl groups is 1. The van der Waals surface area contributed by atoms with Gasteiger partial charge in [-0.2, -0.15) is 8.78 Å². The van der Waals surface area contributed by atoms with Gasteiger partial charge < -0.3 is 9.84 Å². The molecule has 0 aromatic heterocycles. The number of halogens is 2. The molecule has 2 rings (SSSR count). The van der Waals surface area contributed by atoms with Crippen LogP contribution in [0.2, 0.25) is 0 Å². The molecule has 4 heteroatoms. The van der Waals surface area contributed by atoms with Crippen molar-refractivity contribution in [2.75, 3.05) is 6.61 Å². The van der Waals surface area contributed by atoms with Crippen LogP contribution in [0.25, 0.3) is 0 Å². The summed E-state index contributed by atoms with van der Waals surface area (Å²) in [5.41, 5.74) is 1.36. The van der Waals surface area contributed by atoms with Gasteiger partial charge in [-0.1, -0.05) is 42.0 Å². The Kier molecular flexibility index (Phi) is 4.58. The quantitative estimate of drug-likeness (QED) is 0.894. The van der Waals surface area contributed by atoms with Gasteiger partial charge in [0.25, 0.3) is 0 Å². The lowest BCUT2D eigenvalue weighted by Gasteiger charge is -2.20. The number of rotatable bonds is 5. The summed E-state index contributed by atoms with van der Waals surface area (Å²) >= 11 is 0. The van der Waals surface area contributed by atoms with Gasteiger partial charge in [-0.05, 0) is 26.0 Å². The molecule has 0 unspecified atom stereocenters. The van der Waals surface area contributed by atoms with E-state index in [2.05, 4.69) is 0 Å². The van der Waals surface area contributed by atoms with E-state index in [9.17, 15) is 13.9 Å². The van der Waals surface area contributed by atoms with Crippen LogP contribution in [0.4, 0.5) is 8.78 Å². The molecule has 0 radical (unpaired) electrons. The van der Waals surface area contributed by atoms with Gasteiger partial charge in [0.15, 0.2) is 6.61 Å². The maximum absolute atomic E-state index is 14.1. The van der Waals surface area contributed by atoms with Gasteiger partial charge in [0.2, 0.25) is 0 Å². The van der Waals surface area contributed by atoms with E-state index in [0.29, 0.717) is 5.56 Å². The zero-order valence-electron chi connectivity index (χ0n) is 12.0. The summed E-state index contributed by atoms with van der Waals surface area (Å²) in [5.74, 6) is -2.80. The number of ether oxygens (including phenoxy) is 1. The van der Waals surface area contributed by atoms with Gasteiger partial charge in [-0.15, -0.1) is 0 Å². The molecule has 1 atom stereocenters. The predicted octanol–water partition coefficient (Wildman–Crippen LogP) is 4.22. The van der Waals surface area contributed by atoms with E-state index in [4.69, 9.17) is 4.74 Å². The van der Waals surface area contributed by atoms with Crippen molar-refractivity contribution in [3.05, 3.63) is 65.2 Å². The first-order chi connectivity index (χ1) is 9.90.